The second-order valence-electron chi connectivity index (χ2n) is 4.28. The predicted molar refractivity (Wildman–Crippen MR) is 64.8 cm³/mol. The SMILES string of the molecule is COCc1cccc(CNOCC(C)C)c1. The molecule has 0 aliphatic rings. The Morgan fingerprint density at radius 1 is 1.25 bits per heavy atom. The zero-order valence-corrected chi connectivity index (χ0v) is 10.3. The first-order valence-electron chi connectivity index (χ1n) is 5.63. The van der Waals surface area contributed by atoms with Gasteiger partial charge in [0.15, 0.2) is 0 Å². The van der Waals surface area contributed by atoms with Gasteiger partial charge in [0.05, 0.1) is 13.2 Å². The lowest BCUT2D eigenvalue weighted by molar-refractivity contribution is 0.0196. The van der Waals surface area contributed by atoms with Gasteiger partial charge in [0.1, 0.15) is 0 Å². The molecule has 1 N–H and O–H groups in total. The number of hydrogen-bond donors (Lipinski definition) is 1. The van der Waals surface area contributed by atoms with E-state index in [0.717, 1.165) is 13.2 Å². The van der Waals surface area contributed by atoms with Gasteiger partial charge in [-0.1, -0.05) is 38.1 Å². The van der Waals surface area contributed by atoms with Crippen molar-refractivity contribution in [2.75, 3.05) is 13.7 Å². The van der Waals surface area contributed by atoms with Gasteiger partial charge in [0.25, 0.3) is 0 Å². The third-order valence-electron chi connectivity index (χ3n) is 2.10. The number of nitrogens with one attached hydrogen (secondary N) is 1. The minimum atomic E-state index is 0.548. The molecule has 0 aliphatic heterocycles. The van der Waals surface area contributed by atoms with E-state index >= 15 is 0 Å². The second kappa shape index (κ2) is 7.39. The Balaban J connectivity index is 2.33. The molecule has 3 heteroatoms. The van der Waals surface area contributed by atoms with Gasteiger partial charge in [-0.05, 0) is 17.0 Å². The summed E-state index contributed by atoms with van der Waals surface area (Å²) >= 11 is 0. The number of benzene rings is 1. The maximum absolute atomic E-state index is 5.32. The molecular weight excluding hydrogens is 202 g/mol. The first-order chi connectivity index (χ1) is 7.72. The second-order valence-corrected chi connectivity index (χ2v) is 4.28. The van der Waals surface area contributed by atoms with Crippen LogP contribution in [0.1, 0.15) is 25.0 Å². The lowest BCUT2D eigenvalue weighted by atomic mass is 10.1. The fourth-order valence-electron chi connectivity index (χ4n) is 1.36. The van der Waals surface area contributed by atoms with Crippen molar-refractivity contribution in [1.29, 1.82) is 0 Å². The van der Waals surface area contributed by atoms with E-state index in [4.69, 9.17) is 9.57 Å². The lowest BCUT2D eigenvalue weighted by Gasteiger charge is -2.08. The Bertz CT molecular complexity index is 300. The third kappa shape index (κ3) is 5.26. The summed E-state index contributed by atoms with van der Waals surface area (Å²) in [6, 6.07) is 8.29. The van der Waals surface area contributed by atoms with Crippen LogP contribution >= 0.6 is 0 Å². The molecule has 1 rings (SSSR count). The van der Waals surface area contributed by atoms with E-state index < -0.39 is 0 Å². The van der Waals surface area contributed by atoms with Gasteiger partial charge in [-0.25, -0.2) is 0 Å². The zero-order valence-electron chi connectivity index (χ0n) is 10.3. The predicted octanol–water partition coefficient (Wildman–Crippen LogP) is 2.51. The molecule has 0 radical (unpaired) electrons. The average Bonchev–Trinajstić information content (AvgIpc) is 2.25. The van der Waals surface area contributed by atoms with Gasteiger partial charge in [-0.15, -0.1) is 0 Å². The Labute approximate surface area is 97.7 Å². The molecule has 0 saturated carbocycles. The third-order valence-corrected chi connectivity index (χ3v) is 2.10. The fourth-order valence-corrected chi connectivity index (χ4v) is 1.36. The van der Waals surface area contributed by atoms with Crippen molar-refractivity contribution in [2.45, 2.75) is 27.0 Å². The number of hydroxylamine groups is 1. The minimum Gasteiger partial charge on any atom is -0.380 e. The summed E-state index contributed by atoms with van der Waals surface area (Å²) in [6.45, 7) is 6.37. The molecule has 0 spiro atoms. The van der Waals surface area contributed by atoms with E-state index in [1.54, 1.807) is 7.11 Å². The number of ether oxygens (including phenoxy) is 1. The summed E-state index contributed by atoms with van der Waals surface area (Å²) in [5.74, 6) is 0.548. The van der Waals surface area contributed by atoms with Crippen LogP contribution in [0.4, 0.5) is 0 Å². The number of rotatable bonds is 7. The molecule has 0 unspecified atom stereocenters. The fraction of sp³-hybridized carbons (Fsp3) is 0.538. The van der Waals surface area contributed by atoms with Crippen LogP contribution in [0.25, 0.3) is 0 Å². The molecule has 0 atom stereocenters. The van der Waals surface area contributed by atoms with Crippen LogP contribution in [0.5, 0.6) is 0 Å². The smallest absolute Gasteiger partial charge is 0.0713 e. The Morgan fingerprint density at radius 3 is 2.69 bits per heavy atom. The van der Waals surface area contributed by atoms with Gasteiger partial charge in [0.2, 0.25) is 0 Å². The highest BCUT2D eigenvalue weighted by Crippen LogP contribution is 2.06. The monoisotopic (exact) mass is 223 g/mol. The van der Waals surface area contributed by atoms with E-state index in [0.29, 0.717) is 12.5 Å². The molecule has 0 aromatic heterocycles. The highest BCUT2D eigenvalue weighted by molar-refractivity contribution is 5.22. The Hall–Kier alpha value is -0.900. The summed E-state index contributed by atoms with van der Waals surface area (Å²) in [6.07, 6.45) is 0. The highest BCUT2D eigenvalue weighted by atomic mass is 16.6. The normalized spacial score (nSPS) is 11.0. The zero-order chi connectivity index (χ0) is 11.8. The van der Waals surface area contributed by atoms with Crippen LogP contribution in [0.3, 0.4) is 0 Å². The minimum absolute atomic E-state index is 0.548. The van der Waals surface area contributed by atoms with Gasteiger partial charge < -0.3 is 9.57 Å². The molecule has 1 aromatic rings. The van der Waals surface area contributed by atoms with Crippen LogP contribution in [0, 0.1) is 5.92 Å². The van der Waals surface area contributed by atoms with Crippen LogP contribution < -0.4 is 5.48 Å². The molecule has 0 aliphatic carbocycles. The summed E-state index contributed by atoms with van der Waals surface area (Å²) in [5, 5.41) is 0. The maximum Gasteiger partial charge on any atom is 0.0713 e. The van der Waals surface area contributed by atoms with E-state index in [9.17, 15) is 0 Å². The largest absolute Gasteiger partial charge is 0.380 e. The average molecular weight is 223 g/mol. The molecule has 1 aromatic carbocycles. The molecular formula is C13H21NO2. The van der Waals surface area contributed by atoms with E-state index in [-0.39, 0.29) is 0 Å². The van der Waals surface area contributed by atoms with Gasteiger partial charge >= 0.3 is 0 Å². The van der Waals surface area contributed by atoms with Crippen LogP contribution in [0.15, 0.2) is 24.3 Å². The summed E-state index contributed by atoms with van der Waals surface area (Å²) in [4.78, 5) is 5.32. The summed E-state index contributed by atoms with van der Waals surface area (Å²) in [7, 11) is 1.71. The van der Waals surface area contributed by atoms with E-state index in [2.05, 4.69) is 37.5 Å². The van der Waals surface area contributed by atoms with Crippen molar-refractivity contribution in [3.8, 4) is 0 Å². The maximum atomic E-state index is 5.32. The first kappa shape index (κ1) is 13.2. The lowest BCUT2D eigenvalue weighted by Crippen LogP contribution is -2.17. The van der Waals surface area contributed by atoms with E-state index in [1.807, 2.05) is 6.07 Å². The topological polar surface area (TPSA) is 30.5 Å². The molecule has 3 nitrogen and oxygen atoms in total. The van der Waals surface area contributed by atoms with Crippen molar-refractivity contribution in [3.63, 3.8) is 0 Å². The standard InChI is InChI=1S/C13H21NO2/c1-11(2)9-16-14-8-12-5-4-6-13(7-12)10-15-3/h4-7,11,14H,8-10H2,1-3H3. The van der Waals surface area contributed by atoms with Crippen molar-refractivity contribution >= 4 is 0 Å². The van der Waals surface area contributed by atoms with Crippen molar-refractivity contribution < 1.29 is 9.57 Å². The molecule has 0 saturated heterocycles. The summed E-state index contributed by atoms with van der Waals surface area (Å²) < 4.78 is 5.09. The molecule has 90 valence electrons. The molecule has 0 heterocycles. The van der Waals surface area contributed by atoms with E-state index in [1.165, 1.54) is 11.1 Å². The first-order valence-corrected chi connectivity index (χ1v) is 5.63. The van der Waals surface area contributed by atoms with Crippen molar-refractivity contribution in [3.05, 3.63) is 35.4 Å². The number of hydrogen-bond acceptors (Lipinski definition) is 3. The van der Waals surface area contributed by atoms with Gasteiger partial charge in [-0.3, -0.25) is 0 Å². The van der Waals surface area contributed by atoms with Crippen LogP contribution in [-0.2, 0) is 22.7 Å². The highest BCUT2D eigenvalue weighted by Gasteiger charge is 1.97. The van der Waals surface area contributed by atoms with Gasteiger partial charge in [-0.2, -0.15) is 5.48 Å². The van der Waals surface area contributed by atoms with Crippen molar-refractivity contribution in [2.24, 2.45) is 5.92 Å². The van der Waals surface area contributed by atoms with Crippen LogP contribution in [-0.4, -0.2) is 13.7 Å². The number of methoxy groups -OCH3 is 1. The van der Waals surface area contributed by atoms with Crippen LogP contribution in [0.2, 0.25) is 0 Å². The Kier molecular flexibility index (Phi) is 6.08. The molecule has 0 bridgehead atoms. The molecule has 16 heavy (non-hydrogen) atoms. The Morgan fingerprint density at radius 2 is 2.00 bits per heavy atom. The molecule has 0 amide bonds. The molecule has 0 fully saturated rings. The quantitative estimate of drug-likeness (QED) is 0.569. The summed E-state index contributed by atoms with van der Waals surface area (Å²) in [5.41, 5.74) is 5.35. The van der Waals surface area contributed by atoms with Gasteiger partial charge in [0, 0.05) is 13.7 Å². The van der Waals surface area contributed by atoms with Crippen molar-refractivity contribution in [1.82, 2.24) is 5.48 Å².